The lowest BCUT2D eigenvalue weighted by Gasteiger charge is -2.10. The zero-order chi connectivity index (χ0) is 11.8. The van der Waals surface area contributed by atoms with Crippen LogP contribution < -0.4 is 5.32 Å². The van der Waals surface area contributed by atoms with Crippen LogP contribution in [0.3, 0.4) is 0 Å². The number of allylic oxidation sites excluding steroid dienone is 1. The van der Waals surface area contributed by atoms with E-state index in [2.05, 4.69) is 5.32 Å². The second-order valence-electron chi connectivity index (χ2n) is 3.61. The predicted octanol–water partition coefficient (Wildman–Crippen LogP) is 0.193. The Kier molecular flexibility index (Phi) is 6.07. The third kappa shape index (κ3) is 5.25. The van der Waals surface area contributed by atoms with E-state index in [1.807, 2.05) is 6.92 Å². The number of aliphatic hydroxyl groups is 1. The highest BCUT2D eigenvalue weighted by Gasteiger charge is 2.17. The molecule has 92 valence electrons. The van der Waals surface area contributed by atoms with Gasteiger partial charge in [-0.05, 0) is 6.92 Å². The maximum absolute atomic E-state index is 11.4. The van der Waals surface area contributed by atoms with E-state index in [1.54, 1.807) is 12.2 Å². The maximum Gasteiger partial charge on any atom is 0.220 e. The molecule has 16 heavy (non-hydrogen) atoms. The van der Waals surface area contributed by atoms with Gasteiger partial charge in [-0.3, -0.25) is 4.79 Å². The molecule has 0 bridgehead atoms. The van der Waals surface area contributed by atoms with Crippen molar-refractivity contribution in [1.29, 1.82) is 0 Å². The fraction of sp³-hybridized carbons (Fsp3) is 0.727. The lowest BCUT2D eigenvalue weighted by atomic mass is 10.2. The number of nitrogens with one attached hydrogen (secondary N) is 1. The molecule has 1 amide bonds. The van der Waals surface area contributed by atoms with Crippen molar-refractivity contribution in [3.05, 3.63) is 12.2 Å². The second kappa shape index (κ2) is 7.38. The SMILES string of the molecule is C/C=C/C(O)CNC(=O)CCC1OCCO1. The fourth-order valence-electron chi connectivity index (χ4n) is 1.42. The van der Waals surface area contributed by atoms with Gasteiger partial charge in [0.2, 0.25) is 5.91 Å². The first-order valence-electron chi connectivity index (χ1n) is 5.53. The molecule has 0 aromatic rings. The number of aliphatic hydroxyl groups excluding tert-OH is 1. The van der Waals surface area contributed by atoms with Crippen LogP contribution in [0, 0.1) is 0 Å². The number of rotatable bonds is 6. The van der Waals surface area contributed by atoms with Gasteiger partial charge in [0.15, 0.2) is 6.29 Å². The van der Waals surface area contributed by atoms with Crippen molar-refractivity contribution >= 4 is 5.91 Å². The number of hydrogen-bond acceptors (Lipinski definition) is 4. The van der Waals surface area contributed by atoms with Gasteiger partial charge in [-0.2, -0.15) is 0 Å². The molecule has 1 aliphatic rings. The third-order valence-electron chi connectivity index (χ3n) is 2.22. The topological polar surface area (TPSA) is 67.8 Å². The molecule has 1 rings (SSSR count). The zero-order valence-electron chi connectivity index (χ0n) is 9.52. The molecule has 1 aliphatic heterocycles. The van der Waals surface area contributed by atoms with Crippen molar-refractivity contribution in [2.24, 2.45) is 0 Å². The van der Waals surface area contributed by atoms with E-state index in [0.717, 1.165) is 0 Å². The summed E-state index contributed by atoms with van der Waals surface area (Å²) in [5.41, 5.74) is 0. The summed E-state index contributed by atoms with van der Waals surface area (Å²) in [6.45, 7) is 3.27. The van der Waals surface area contributed by atoms with Crippen molar-refractivity contribution in [1.82, 2.24) is 5.32 Å². The van der Waals surface area contributed by atoms with Crippen LogP contribution in [0.15, 0.2) is 12.2 Å². The summed E-state index contributed by atoms with van der Waals surface area (Å²) in [5, 5.41) is 12.0. The molecule has 1 atom stereocenters. The van der Waals surface area contributed by atoms with Gasteiger partial charge in [0.25, 0.3) is 0 Å². The molecule has 1 saturated heterocycles. The van der Waals surface area contributed by atoms with Crippen LogP contribution in [0.5, 0.6) is 0 Å². The normalized spacial score (nSPS) is 19.1. The van der Waals surface area contributed by atoms with E-state index >= 15 is 0 Å². The van der Waals surface area contributed by atoms with Crippen molar-refractivity contribution in [3.63, 3.8) is 0 Å². The first-order chi connectivity index (χ1) is 7.72. The number of ether oxygens (including phenoxy) is 2. The number of carbonyl (C=O) groups is 1. The van der Waals surface area contributed by atoms with Crippen LogP contribution >= 0.6 is 0 Å². The number of amides is 1. The smallest absolute Gasteiger partial charge is 0.220 e. The molecule has 0 radical (unpaired) electrons. The minimum atomic E-state index is -0.618. The van der Waals surface area contributed by atoms with Crippen molar-refractivity contribution < 1.29 is 19.4 Å². The van der Waals surface area contributed by atoms with Gasteiger partial charge in [-0.15, -0.1) is 0 Å². The summed E-state index contributed by atoms with van der Waals surface area (Å²) in [6.07, 6.45) is 3.43. The molecule has 0 spiro atoms. The summed E-state index contributed by atoms with van der Waals surface area (Å²) < 4.78 is 10.4. The Hall–Kier alpha value is -0.910. The Bertz CT molecular complexity index is 236. The van der Waals surface area contributed by atoms with Crippen LogP contribution in [-0.2, 0) is 14.3 Å². The first kappa shape index (κ1) is 13.2. The van der Waals surface area contributed by atoms with Gasteiger partial charge in [0.1, 0.15) is 0 Å². The fourth-order valence-corrected chi connectivity index (χ4v) is 1.42. The molecule has 0 aliphatic carbocycles. The Labute approximate surface area is 95.4 Å². The highest BCUT2D eigenvalue weighted by molar-refractivity contribution is 5.75. The molecule has 5 heteroatoms. The van der Waals surface area contributed by atoms with Crippen molar-refractivity contribution in [3.8, 4) is 0 Å². The standard InChI is InChI=1S/C11H19NO4/c1-2-3-9(13)8-12-10(14)4-5-11-15-6-7-16-11/h2-3,9,11,13H,4-8H2,1H3,(H,12,14)/b3-2+. The molecule has 2 N–H and O–H groups in total. The molecule has 0 aromatic carbocycles. The average Bonchev–Trinajstić information content (AvgIpc) is 2.77. The quantitative estimate of drug-likeness (QED) is 0.638. The van der Waals surface area contributed by atoms with E-state index in [4.69, 9.17) is 9.47 Å². The summed E-state index contributed by atoms with van der Waals surface area (Å²) in [7, 11) is 0. The molecule has 1 unspecified atom stereocenters. The summed E-state index contributed by atoms with van der Waals surface area (Å²) in [5.74, 6) is -0.0948. The predicted molar refractivity (Wildman–Crippen MR) is 58.8 cm³/mol. The van der Waals surface area contributed by atoms with Gasteiger partial charge in [-0.1, -0.05) is 12.2 Å². The summed E-state index contributed by atoms with van der Waals surface area (Å²) in [4.78, 5) is 11.4. The van der Waals surface area contributed by atoms with E-state index in [1.165, 1.54) is 0 Å². The molecular formula is C11H19NO4. The molecule has 5 nitrogen and oxygen atoms in total. The van der Waals surface area contributed by atoms with Gasteiger partial charge in [0.05, 0.1) is 19.3 Å². The van der Waals surface area contributed by atoms with Gasteiger partial charge >= 0.3 is 0 Å². The molecule has 1 heterocycles. The van der Waals surface area contributed by atoms with Crippen LogP contribution in [0.2, 0.25) is 0 Å². The molecule has 0 aromatic heterocycles. The van der Waals surface area contributed by atoms with Gasteiger partial charge in [-0.25, -0.2) is 0 Å². The molecular weight excluding hydrogens is 210 g/mol. The second-order valence-corrected chi connectivity index (χ2v) is 3.61. The Balaban J connectivity index is 2.06. The van der Waals surface area contributed by atoms with Crippen LogP contribution in [-0.4, -0.2) is 43.2 Å². The average molecular weight is 229 g/mol. The molecule has 1 fully saturated rings. The van der Waals surface area contributed by atoms with E-state index in [-0.39, 0.29) is 18.7 Å². The van der Waals surface area contributed by atoms with Gasteiger partial charge in [0, 0.05) is 19.4 Å². The van der Waals surface area contributed by atoms with E-state index < -0.39 is 6.10 Å². The van der Waals surface area contributed by atoms with Crippen molar-refractivity contribution in [2.45, 2.75) is 32.2 Å². The maximum atomic E-state index is 11.4. The number of hydrogen-bond donors (Lipinski definition) is 2. The summed E-state index contributed by atoms with van der Waals surface area (Å²) in [6, 6.07) is 0. The van der Waals surface area contributed by atoms with E-state index in [0.29, 0.717) is 26.1 Å². The lowest BCUT2D eigenvalue weighted by molar-refractivity contribution is -0.123. The Morgan fingerprint density at radius 2 is 2.25 bits per heavy atom. The molecule has 0 saturated carbocycles. The lowest BCUT2D eigenvalue weighted by Crippen LogP contribution is -2.31. The van der Waals surface area contributed by atoms with Gasteiger partial charge < -0.3 is 19.9 Å². The third-order valence-corrected chi connectivity index (χ3v) is 2.22. The first-order valence-corrected chi connectivity index (χ1v) is 5.53. The van der Waals surface area contributed by atoms with E-state index in [9.17, 15) is 9.90 Å². The summed E-state index contributed by atoms with van der Waals surface area (Å²) >= 11 is 0. The number of carbonyl (C=O) groups excluding carboxylic acids is 1. The Morgan fingerprint density at radius 1 is 1.56 bits per heavy atom. The van der Waals surface area contributed by atoms with Crippen molar-refractivity contribution in [2.75, 3.05) is 19.8 Å². The van der Waals surface area contributed by atoms with Crippen LogP contribution in [0.25, 0.3) is 0 Å². The zero-order valence-corrected chi connectivity index (χ0v) is 9.52. The van der Waals surface area contributed by atoms with Crippen LogP contribution in [0.4, 0.5) is 0 Å². The monoisotopic (exact) mass is 229 g/mol. The highest BCUT2D eigenvalue weighted by atomic mass is 16.7. The Morgan fingerprint density at radius 3 is 2.88 bits per heavy atom. The highest BCUT2D eigenvalue weighted by Crippen LogP contribution is 2.09. The minimum absolute atomic E-state index is 0.0948. The minimum Gasteiger partial charge on any atom is -0.387 e. The van der Waals surface area contributed by atoms with Crippen LogP contribution in [0.1, 0.15) is 19.8 Å². The largest absolute Gasteiger partial charge is 0.387 e.